The summed E-state index contributed by atoms with van der Waals surface area (Å²) in [5, 5.41) is 9.13. The number of fused-ring (bicyclic) bond motifs is 1. The maximum Gasteiger partial charge on any atom is 0.147 e. The fourth-order valence-electron chi connectivity index (χ4n) is 3.04. The van der Waals surface area contributed by atoms with Crippen LogP contribution in [0.25, 0.3) is 10.6 Å². The van der Waals surface area contributed by atoms with E-state index < -0.39 is 0 Å². The number of hydrogen-bond acceptors (Lipinski definition) is 5. The number of likely N-dealkylation sites (N-methyl/N-ethyl adjacent to an activating group) is 1. The van der Waals surface area contributed by atoms with E-state index in [-0.39, 0.29) is 0 Å². The lowest BCUT2D eigenvalue weighted by Gasteiger charge is -2.25. The minimum atomic E-state index is 0.950. The first kappa shape index (κ1) is 14.4. The van der Waals surface area contributed by atoms with Gasteiger partial charge in [-0.3, -0.25) is 0 Å². The van der Waals surface area contributed by atoms with E-state index in [1.807, 2.05) is 0 Å². The van der Waals surface area contributed by atoms with Crippen LogP contribution in [0.3, 0.4) is 0 Å². The number of hydrogen-bond donors (Lipinski definition) is 0. The smallest absolute Gasteiger partial charge is 0.147 e. The van der Waals surface area contributed by atoms with Crippen molar-refractivity contribution in [3.63, 3.8) is 0 Å². The Morgan fingerprint density at radius 1 is 1.04 bits per heavy atom. The van der Waals surface area contributed by atoms with Crippen LogP contribution in [0.4, 0.5) is 11.4 Å². The zero-order valence-corrected chi connectivity index (χ0v) is 13.8. The minimum absolute atomic E-state index is 0.950. The Morgan fingerprint density at radius 3 is 2.70 bits per heavy atom. The van der Waals surface area contributed by atoms with Crippen LogP contribution >= 0.6 is 11.3 Å². The van der Waals surface area contributed by atoms with Gasteiger partial charge >= 0.3 is 0 Å². The highest BCUT2D eigenvalue weighted by atomic mass is 32.1. The molecular weight excluding hydrogens is 304 g/mol. The fraction of sp³-hybridized carbons (Fsp3) is 0.222. The van der Waals surface area contributed by atoms with Gasteiger partial charge in [-0.25, -0.2) is 0 Å². The molecular formula is C18H18N4S. The number of nitrogens with zero attached hydrogens (tertiary/aromatic N) is 4. The van der Waals surface area contributed by atoms with Gasteiger partial charge in [-0.2, -0.15) is 0 Å². The quantitative estimate of drug-likeness (QED) is 0.718. The zero-order valence-electron chi connectivity index (χ0n) is 13.0. The summed E-state index contributed by atoms with van der Waals surface area (Å²) in [7, 11) is 2.18. The predicted molar refractivity (Wildman–Crippen MR) is 95.1 cm³/mol. The van der Waals surface area contributed by atoms with E-state index in [1.54, 1.807) is 16.8 Å². The molecule has 0 saturated heterocycles. The van der Waals surface area contributed by atoms with E-state index in [2.05, 4.69) is 75.6 Å². The molecule has 0 atom stereocenters. The number of benzene rings is 2. The molecule has 1 aliphatic rings. The third kappa shape index (κ3) is 2.85. The van der Waals surface area contributed by atoms with Gasteiger partial charge < -0.3 is 9.80 Å². The van der Waals surface area contributed by atoms with Crippen LogP contribution in [0, 0.1) is 0 Å². The second kappa shape index (κ2) is 6.10. The molecule has 3 aromatic rings. The number of para-hydroxylation sites is 1. The van der Waals surface area contributed by atoms with Crippen molar-refractivity contribution >= 4 is 22.7 Å². The highest BCUT2D eigenvalue weighted by Gasteiger charge is 2.20. The Morgan fingerprint density at radius 2 is 1.91 bits per heavy atom. The van der Waals surface area contributed by atoms with Crippen molar-refractivity contribution < 1.29 is 0 Å². The van der Waals surface area contributed by atoms with E-state index >= 15 is 0 Å². The Labute approximate surface area is 140 Å². The second-order valence-corrected chi connectivity index (χ2v) is 6.65. The lowest BCUT2D eigenvalue weighted by Crippen LogP contribution is -2.26. The molecule has 0 N–H and O–H groups in total. The molecule has 1 aliphatic heterocycles. The molecule has 4 nitrogen and oxygen atoms in total. The molecule has 0 aliphatic carbocycles. The van der Waals surface area contributed by atoms with Crippen LogP contribution in [0.5, 0.6) is 0 Å². The molecule has 116 valence electrons. The molecule has 5 heteroatoms. The molecule has 0 fully saturated rings. The van der Waals surface area contributed by atoms with Gasteiger partial charge in [0.15, 0.2) is 0 Å². The van der Waals surface area contributed by atoms with Crippen LogP contribution < -0.4 is 4.90 Å². The van der Waals surface area contributed by atoms with E-state index in [4.69, 9.17) is 0 Å². The van der Waals surface area contributed by atoms with Gasteiger partial charge in [0.1, 0.15) is 10.5 Å². The van der Waals surface area contributed by atoms with Crippen molar-refractivity contribution in [3.05, 3.63) is 59.6 Å². The Kier molecular flexibility index (Phi) is 3.81. The number of rotatable bonds is 2. The average molecular weight is 322 g/mol. The third-order valence-corrected chi connectivity index (χ3v) is 4.93. The van der Waals surface area contributed by atoms with Crippen LogP contribution in [-0.2, 0) is 6.54 Å². The summed E-state index contributed by atoms with van der Waals surface area (Å²) < 4.78 is 0. The van der Waals surface area contributed by atoms with Crippen molar-refractivity contribution in [2.24, 2.45) is 0 Å². The van der Waals surface area contributed by atoms with Crippen molar-refractivity contribution in [3.8, 4) is 10.6 Å². The number of aromatic nitrogens is 2. The van der Waals surface area contributed by atoms with Crippen molar-refractivity contribution in [2.45, 2.75) is 6.54 Å². The Bertz CT molecular complexity index is 786. The first-order chi connectivity index (χ1) is 11.3. The summed E-state index contributed by atoms with van der Waals surface area (Å²) in [6.07, 6.45) is 0. The summed E-state index contributed by atoms with van der Waals surface area (Å²) in [6, 6.07) is 17.2. The molecule has 0 amide bonds. The van der Waals surface area contributed by atoms with Crippen molar-refractivity contribution in [1.29, 1.82) is 0 Å². The minimum Gasteiger partial charge on any atom is -0.340 e. The summed E-state index contributed by atoms with van der Waals surface area (Å²) in [5.41, 5.74) is 6.79. The van der Waals surface area contributed by atoms with Crippen LogP contribution in [-0.4, -0.2) is 35.2 Å². The van der Waals surface area contributed by atoms with E-state index in [1.165, 1.54) is 16.9 Å². The SMILES string of the molecule is CN1CCN(c2ccccc2)c2ccc(-c3nncs3)cc2C1. The normalized spacial score (nSPS) is 15.3. The van der Waals surface area contributed by atoms with Crippen LogP contribution in [0.2, 0.25) is 0 Å². The molecule has 0 bridgehead atoms. The Hall–Kier alpha value is -2.24. The molecule has 0 unspecified atom stereocenters. The highest BCUT2D eigenvalue weighted by molar-refractivity contribution is 7.12. The lowest BCUT2D eigenvalue weighted by atomic mass is 10.1. The van der Waals surface area contributed by atoms with Gasteiger partial charge in [0, 0.05) is 36.6 Å². The second-order valence-electron chi connectivity index (χ2n) is 5.81. The fourth-order valence-corrected chi connectivity index (χ4v) is 3.60. The standard InChI is InChI=1S/C18H18N4S/c1-21-9-10-22(16-5-3-2-4-6-16)17-8-7-14(11-15(17)12-21)18-20-19-13-23-18/h2-8,11,13H,9-10,12H2,1H3. The first-order valence-corrected chi connectivity index (χ1v) is 8.60. The zero-order chi connectivity index (χ0) is 15.6. The molecule has 1 aromatic heterocycles. The molecule has 0 radical (unpaired) electrons. The maximum atomic E-state index is 4.20. The Balaban J connectivity index is 1.79. The predicted octanol–water partition coefficient (Wildman–Crippen LogP) is 3.79. The molecule has 23 heavy (non-hydrogen) atoms. The summed E-state index contributed by atoms with van der Waals surface area (Å²) in [5.74, 6) is 0. The van der Waals surface area contributed by atoms with Crippen LogP contribution in [0.15, 0.2) is 54.0 Å². The van der Waals surface area contributed by atoms with E-state index in [0.29, 0.717) is 0 Å². The van der Waals surface area contributed by atoms with Gasteiger partial charge in [0.05, 0.1) is 0 Å². The van der Waals surface area contributed by atoms with Gasteiger partial charge in [-0.15, -0.1) is 10.2 Å². The summed E-state index contributed by atoms with van der Waals surface area (Å²) in [6.45, 7) is 2.98. The summed E-state index contributed by atoms with van der Waals surface area (Å²) in [4.78, 5) is 4.77. The largest absolute Gasteiger partial charge is 0.340 e. The first-order valence-electron chi connectivity index (χ1n) is 7.72. The molecule has 4 rings (SSSR count). The molecule has 2 heterocycles. The maximum absolute atomic E-state index is 4.20. The third-order valence-electron chi connectivity index (χ3n) is 4.19. The molecule has 0 spiro atoms. The lowest BCUT2D eigenvalue weighted by molar-refractivity contribution is 0.343. The van der Waals surface area contributed by atoms with Gasteiger partial charge in [-0.05, 0) is 42.9 Å². The van der Waals surface area contributed by atoms with Gasteiger partial charge in [0.25, 0.3) is 0 Å². The molecule has 0 saturated carbocycles. The van der Waals surface area contributed by atoms with Gasteiger partial charge in [0.2, 0.25) is 0 Å². The monoisotopic (exact) mass is 322 g/mol. The van der Waals surface area contributed by atoms with Crippen molar-refractivity contribution in [2.75, 3.05) is 25.0 Å². The van der Waals surface area contributed by atoms with Gasteiger partial charge in [-0.1, -0.05) is 29.5 Å². The molecule has 2 aromatic carbocycles. The van der Waals surface area contributed by atoms with Crippen molar-refractivity contribution in [1.82, 2.24) is 15.1 Å². The number of anilines is 2. The van der Waals surface area contributed by atoms with E-state index in [0.717, 1.165) is 30.2 Å². The highest BCUT2D eigenvalue weighted by Crippen LogP contribution is 2.34. The summed E-state index contributed by atoms with van der Waals surface area (Å²) >= 11 is 1.58. The van der Waals surface area contributed by atoms with E-state index in [9.17, 15) is 0 Å². The van der Waals surface area contributed by atoms with Crippen LogP contribution in [0.1, 0.15) is 5.56 Å². The topological polar surface area (TPSA) is 32.3 Å². The average Bonchev–Trinajstić information content (AvgIpc) is 3.06.